The van der Waals surface area contributed by atoms with Gasteiger partial charge in [0.1, 0.15) is 5.69 Å². The van der Waals surface area contributed by atoms with E-state index in [9.17, 15) is 9.59 Å². The molecule has 3 aromatic rings. The molecule has 3 rings (SSSR count). The molecule has 0 atom stereocenters. The molecule has 25 heavy (non-hydrogen) atoms. The van der Waals surface area contributed by atoms with Crippen molar-refractivity contribution in [2.75, 3.05) is 12.4 Å². The van der Waals surface area contributed by atoms with E-state index in [1.807, 2.05) is 30.3 Å². The van der Waals surface area contributed by atoms with E-state index in [4.69, 9.17) is 0 Å². The first-order valence-electron chi connectivity index (χ1n) is 7.61. The lowest BCUT2D eigenvalue weighted by Gasteiger charge is -2.06. The maximum atomic E-state index is 12.2. The second kappa shape index (κ2) is 7.39. The van der Waals surface area contributed by atoms with Gasteiger partial charge in [-0.2, -0.15) is 0 Å². The lowest BCUT2D eigenvalue weighted by molar-refractivity contribution is 0.0601. The third kappa shape index (κ3) is 4.08. The molecule has 0 fully saturated rings. The van der Waals surface area contributed by atoms with Crippen LogP contribution in [0.5, 0.6) is 0 Å². The highest BCUT2D eigenvalue weighted by Gasteiger charge is 2.07. The number of methoxy groups -OCH3 is 1. The van der Waals surface area contributed by atoms with Crippen molar-refractivity contribution < 1.29 is 9.53 Å². The fraction of sp³-hybridized carbons (Fsp3) is 0.111. The molecule has 0 bridgehead atoms. The predicted octanol–water partition coefficient (Wildman–Crippen LogP) is 2.29. The number of carbonyl (C=O) groups is 1. The molecule has 2 N–H and O–H groups in total. The monoisotopic (exact) mass is 336 g/mol. The van der Waals surface area contributed by atoms with Gasteiger partial charge in [-0.1, -0.05) is 30.3 Å². The zero-order valence-corrected chi connectivity index (χ0v) is 13.5. The van der Waals surface area contributed by atoms with Crippen molar-refractivity contribution in [3.8, 4) is 0 Å². The van der Waals surface area contributed by atoms with Crippen LogP contribution in [0.25, 0.3) is 0 Å². The van der Waals surface area contributed by atoms with Crippen LogP contribution in [0.15, 0.2) is 59.4 Å². The molecule has 7 heteroatoms. The molecule has 0 radical (unpaired) electrons. The summed E-state index contributed by atoms with van der Waals surface area (Å²) in [4.78, 5) is 26.2. The first kappa shape index (κ1) is 16.4. The summed E-state index contributed by atoms with van der Waals surface area (Å²) in [6.45, 7) is 0. The van der Waals surface area contributed by atoms with Crippen LogP contribution >= 0.6 is 0 Å². The number of aromatic amines is 1. The number of nitrogens with one attached hydrogen (secondary N) is 2. The SMILES string of the molecule is COC(=O)c1ccc(Nc2nnc(Cc3ccccc3)c(=O)[nH]2)cc1. The van der Waals surface area contributed by atoms with Crippen LogP contribution in [0.1, 0.15) is 21.6 Å². The molecule has 2 aromatic carbocycles. The number of rotatable bonds is 5. The largest absolute Gasteiger partial charge is 0.465 e. The summed E-state index contributed by atoms with van der Waals surface area (Å²) in [7, 11) is 1.33. The smallest absolute Gasteiger partial charge is 0.337 e. The first-order chi connectivity index (χ1) is 12.2. The molecule has 0 unspecified atom stereocenters. The molecule has 0 aliphatic carbocycles. The average molecular weight is 336 g/mol. The molecule has 7 nitrogen and oxygen atoms in total. The van der Waals surface area contributed by atoms with Crippen LogP contribution < -0.4 is 10.9 Å². The highest BCUT2D eigenvalue weighted by atomic mass is 16.5. The van der Waals surface area contributed by atoms with E-state index in [0.717, 1.165) is 5.56 Å². The van der Waals surface area contributed by atoms with Crippen LogP contribution in [-0.2, 0) is 11.2 Å². The van der Waals surface area contributed by atoms with E-state index in [2.05, 4.69) is 25.2 Å². The Balaban J connectivity index is 1.72. The second-order valence-corrected chi connectivity index (χ2v) is 5.31. The Morgan fingerprint density at radius 3 is 2.44 bits per heavy atom. The van der Waals surface area contributed by atoms with Crippen molar-refractivity contribution in [3.05, 3.63) is 81.8 Å². The molecule has 126 valence electrons. The Bertz CT molecular complexity index is 921. The Morgan fingerprint density at radius 2 is 1.80 bits per heavy atom. The quantitative estimate of drug-likeness (QED) is 0.694. The second-order valence-electron chi connectivity index (χ2n) is 5.31. The summed E-state index contributed by atoms with van der Waals surface area (Å²) < 4.78 is 4.64. The van der Waals surface area contributed by atoms with Crippen molar-refractivity contribution in [1.29, 1.82) is 0 Å². The predicted molar refractivity (Wildman–Crippen MR) is 93.0 cm³/mol. The summed E-state index contributed by atoms with van der Waals surface area (Å²) in [5.41, 5.74) is 2.13. The molecule has 1 heterocycles. The van der Waals surface area contributed by atoms with Gasteiger partial charge in [-0.05, 0) is 29.8 Å². The first-order valence-corrected chi connectivity index (χ1v) is 7.61. The summed E-state index contributed by atoms with van der Waals surface area (Å²) in [5, 5.41) is 10.9. The van der Waals surface area contributed by atoms with E-state index in [0.29, 0.717) is 23.4 Å². The molecule has 0 aliphatic rings. The van der Waals surface area contributed by atoms with Gasteiger partial charge in [-0.15, -0.1) is 10.2 Å². The van der Waals surface area contributed by atoms with Gasteiger partial charge in [-0.3, -0.25) is 9.78 Å². The van der Waals surface area contributed by atoms with E-state index in [1.165, 1.54) is 7.11 Å². The lowest BCUT2D eigenvalue weighted by atomic mass is 10.1. The molecular weight excluding hydrogens is 320 g/mol. The van der Waals surface area contributed by atoms with E-state index in [1.54, 1.807) is 24.3 Å². The highest BCUT2D eigenvalue weighted by Crippen LogP contribution is 2.13. The van der Waals surface area contributed by atoms with E-state index in [-0.39, 0.29) is 11.5 Å². The topological polar surface area (TPSA) is 97.0 Å². The third-order valence-corrected chi connectivity index (χ3v) is 3.55. The average Bonchev–Trinajstić information content (AvgIpc) is 2.65. The maximum absolute atomic E-state index is 12.2. The Hall–Kier alpha value is -3.48. The highest BCUT2D eigenvalue weighted by molar-refractivity contribution is 5.89. The summed E-state index contributed by atoms with van der Waals surface area (Å²) in [5.74, 6) is -0.183. The molecular formula is C18H16N4O3. The molecule has 0 amide bonds. The van der Waals surface area contributed by atoms with Crippen molar-refractivity contribution in [2.24, 2.45) is 0 Å². The zero-order chi connectivity index (χ0) is 17.6. The van der Waals surface area contributed by atoms with Crippen molar-refractivity contribution >= 4 is 17.6 Å². The number of esters is 1. The number of ether oxygens (including phenoxy) is 1. The van der Waals surface area contributed by atoms with Gasteiger partial charge < -0.3 is 10.1 Å². The Morgan fingerprint density at radius 1 is 1.08 bits per heavy atom. The van der Waals surface area contributed by atoms with Crippen molar-refractivity contribution in [3.63, 3.8) is 0 Å². The third-order valence-electron chi connectivity index (χ3n) is 3.55. The Kier molecular flexibility index (Phi) is 4.84. The summed E-state index contributed by atoms with van der Waals surface area (Å²) in [6.07, 6.45) is 0.414. The number of H-pyrrole nitrogens is 1. The fourth-order valence-electron chi connectivity index (χ4n) is 2.27. The van der Waals surface area contributed by atoms with Crippen molar-refractivity contribution in [2.45, 2.75) is 6.42 Å². The minimum absolute atomic E-state index is 0.229. The zero-order valence-electron chi connectivity index (χ0n) is 13.5. The number of benzene rings is 2. The lowest BCUT2D eigenvalue weighted by Crippen LogP contribution is -2.18. The molecule has 0 saturated carbocycles. The van der Waals surface area contributed by atoms with Crippen LogP contribution in [0.3, 0.4) is 0 Å². The van der Waals surface area contributed by atoms with Gasteiger partial charge in [0.2, 0.25) is 5.95 Å². The maximum Gasteiger partial charge on any atom is 0.337 e. The van der Waals surface area contributed by atoms with Gasteiger partial charge in [0.15, 0.2) is 0 Å². The number of aromatic nitrogens is 3. The summed E-state index contributed by atoms with van der Waals surface area (Å²) in [6, 6.07) is 16.2. The number of nitrogens with zero attached hydrogens (tertiary/aromatic N) is 2. The van der Waals surface area contributed by atoms with Gasteiger partial charge in [0, 0.05) is 12.1 Å². The summed E-state index contributed by atoms with van der Waals surface area (Å²) >= 11 is 0. The minimum atomic E-state index is -0.412. The van der Waals surface area contributed by atoms with Crippen molar-refractivity contribution in [1.82, 2.24) is 15.2 Å². The van der Waals surface area contributed by atoms with E-state index < -0.39 is 5.97 Å². The van der Waals surface area contributed by atoms with Crippen LogP contribution in [-0.4, -0.2) is 28.3 Å². The molecule has 0 spiro atoms. The van der Waals surface area contributed by atoms with Gasteiger partial charge in [-0.25, -0.2) is 4.79 Å². The number of hydrogen-bond acceptors (Lipinski definition) is 6. The fourth-order valence-corrected chi connectivity index (χ4v) is 2.27. The van der Waals surface area contributed by atoms with Crippen LogP contribution in [0.4, 0.5) is 11.6 Å². The van der Waals surface area contributed by atoms with Crippen LogP contribution in [0, 0.1) is 0 Å². The van der Waals surface area contributed by atoms with Crippen LogP contribution in [0.2, 0.25) is 0 Å². The van der Waals surface area contributed by atoms with Gasteiger partial charge >= 0.3 is 5.97 Å². The molecule has 0 aliphatic heterocycles. The normalized spacial score (nSPS) is 10.3. The Labute approximate surface area is 143 Å². The van der Waals surface area contributed by atoms with Gasteiger partial charge in [0.05, 0.1) is 12.7 Å². The molecule has 1 aromatic heterocycles. The number of carbonyl (C=O) groups excluding carboxylic acids is 1. The standard InChI is InChI=1S/C18H16N4O3/c1-25-17(24)13-7-9-14(10-8-13)19-18-20-16(23)15(21-22-18)11-12-5-3-2-4-6-12/h2-10H,11H2,1H3,(H2,19,20,22,23). The van der Waals surface area contributed by atoms with Gasteiger partial charge in [0.25, 0.3) is 5.56 Å². The minimum Gasteiger partial charge on any atom is -0.465 e. The number of anilines is 2. The number of hydrogen-bond donors (Lipinski definition) is 2. The van der Waals surface area contributed by atoms with E-state index >= 15 is 0 Å². The molecule has 0 saturated heterocycles.